The molecule has 2 aliphatic heterocycles. The first-order chi connectivity index (χ1) is 10.6. The van der Waals surface area contributed by atoms with Gasteiger partial charge in [0.25, 0.3) is 0 Å². The van der Waals surface area contributed by atoms with E-state index in [2.05, 4.69) is 14.9 Å². The molecule has 0 aromatic carbocycles. The lowest BCUT2D eigenvalue weighted by atomic mass is 9.94. The van der Waals surface area contributed by atoms with E-state index in [4.69, 9.17) is 5.11 Å². The Morgan fingerprint density at radius 3 is 2.27 bits per heavy atom. The maximum absolute atomic E-state index is 10.9. The molecule has 3 heterocycles. The summed E-state index contributed by atoms with van der Waals surface area (Å²) < 4.78 is 0. The minimum atomic E-state index is -0.841. The molecule has 0 bridgehead atoms. The van der Waals surface area contributed by atoms with Crippen LogP contribution in [0.1, 0.15) is 37.3 Å². The number of aliphatic hydroxyl groups is 1. The van der Waals surface area contributed by atoms with Crippen LogP contribution in [0.2, 0.25) is 0 Å². The Kier molecular flexibility index (Phi) is 4.42. The summed E-state index contributed by atoms with van der Waals surface area (Å²) in [6.45, 7) is 2.75. The Labute approximate surface area is 129 Å². The van der Waals surface area contributed by atoms with Gasteiger partial charge in [0, 0.05) is 32.1 Å². The molecule has 120 valence electrons. The van der Waals surface area contributed by atoms with Gasteiger partial charge < -0.3 is 20.0 Å². The summed E-state index contributed by atoms with van der Waals surface area (Å²) in [4.78, 5) is 23.6. The largest absolute Gasteiger partial charge is 0.465 e. The number of aliphatic hydroxyl groups excluding tert-OH is 1. The lowest BCUT2D eigenvalue weighted by Gasteiger charge is -2.31. The fourth-order valence-electron chi connectivity index (χ4n) is 3.17. The number of amides is 1. The van der Waals surface area contributed by atoms with Gasteiger partial charge in [-0.1, -0.05) is 0 Å². The van der Waals surface area contributed by atoms with E-state index in [0.717, 1.165) is 50.3 Å². The van der Waals surface area contributed by atoms with Gasteiger partial charge in [0.2, 0.25) is 0 Å². The molecule has 2 aliphatic rings. The van der Waals surface area contributed by atoms with Crippen molar-refractivity contribution in [2.24, 2.45) is 0 Å². The molecule has 1 amide bonds. The summed E-state index contributed by atoms with van der Waals surface area (Å²) in [6.07, 6.45) is 5.74. The fraction of sp³-hybridized carbons (Fsp3) is 0.667. The summed E-state index contributed by atoms with van der Waals surface area (Å²) in [7, 11) is 0. The molecule has 0 spiro atoms. The van der Waals surface area contributed by atoms with Crippen LogP contribution >= 0.6 is 0 Å². The van der Waals surface area contributed by atoms with Gasteiger partial charge >= 0.3 is 6.09 Å². The number of hydrogen-bond acceptors (Lipinski definition) is 5. The van der Waals surface area contributed by atoms with Crippen LogP contribution in [0.25, 0.3) is 0 Å². The second kappa shape index (κ2) is 6.48. The quantitative estimate of drug-likeness (QED) is 0.856. The zero-order chi connectivity index (χ0) is 15.5. The predicted molar refractivity (Wildman–Crippen MR) is 81.1 cm³/mol. The number of carboxylic acid groups (broad SMARTS) is 1. The Balaban J connectivity index is 1.59. The molecule has 0 saturated carbocycles. The molecule has 2 fully saturated rings. The van der Waals surface area contributed by atoms with Crippen LogP contribution in [-0.4, -0.2) is 63.5 Å². The summed E-state index contributed by atoms with van der Waals surface area (Å²) in [6, 6.07) is 0. The molecule has 3 rings (SSSR count). The van der Waals surface area contributed by atoms with Gasteiger partial charge in [-0.3, -0.25) is 4.98 Å². The lowest BCUT2D eigenvalue weighted by Crippen LogP contribution is -2.37. The first kappa shape index (κ1) is 15.0. The van der Waals surface area contributed by atoms with E-state index in [0.29, 0.717) is 19.0 Å². The number of carbonyl (C=O) groups is 1. The molecule has 2 N–H and O–H groups in total. The third-order valence-corrected chi connectivity index (χ3v) is 4.63. The van der Waals surface area contributed by atoms with E-state index in [-0.39, 0.29) is 6.10 Å². The smallest absolute Gasteiger partial charge is 0.407 e. The molecule has 2 saturated heterocycles. The number of likely N-dealkylation sites (tertiary alicyclic amines) is 1. The molecule has 22 heavy (non-hydrogen) atoms. The van der Waals surface area contributed by atoms with Crippen molar-refractivity contribution in [3.05, 3.63) is 18.1 Å². The number of aromatic nitrogens is 2. The summed E-state index contributed by atoms with van der Waals surface area (Å²) in [5, 5.41) is 18.5. The SMILES string of the molecule is O=C(O)N1CCC(c2cnc(N3CCC(O)CC3)cn2)CC1. The number of piperidine rings is 2. The third kappa shape index (κ3) is 3.30. The molecule has 7 nitrogen and oxygen atoms in total. The molecule has 1 aromatic rings. The normalized spacial score (nSPS) is 21.1. The fourth-order valence-corrected chi connectivity index (χ4v) is 3.17. The second-order valence-electron chi connectivity index (χ2n) is 6.06. The number of rotatable bonds is 2. The molecule has 7 heteroatoms. The van der Waals surface area contributed by atoms with Crippen molar-refractivity contribution in [1.29, 1.82) is 0 Å². The molecule has 0 radical (unpaired) electrons. The lowest BCUT2D eigenvalue weighted by molar-refractivity contribution is 0.131. The first-order valence-electron chi connectivity index (χ1n) is 7.86. The van der Waals surface area contributed by atoms with E-state index in [9.17, 15) is 9.90 Å². The highest BCUT2D eigenvalue weighted by atomic mass is 16.4. The van der Waals surface area contributed by atoms with Gasteiger partial charge in [-0.2, -0.15) is 0 Å². The highest BCUT2D eigenvalue weighted by Crippen LogP contribution is 2.27. The molecule has 0 aliphatic carbocycles. The minimum Gasteiger partial charge on any atom is -0.465 e. The standard InChI is InChI=1S/C15H22N4O3/c20-12-3-7-18(8-4-12)14-10-16-13(9-17-14)11-1-5-19(6-2-11)15(21)22/h9-12,20H,1-8H2,(H,21,22). The second-order valence-corrected chi connectivity index (χ2v) is 6.06. The van der Waals surface area contributed by atoms with Gasteiger partial charge in [-0.15, -0.1) is 0 Å². The maximum Gasteiger partial charge on any atom is 0.407 e. The van der Waals surface area contributed by atoms with E-state index in [1.165, 1.54) is 4.90 Å². The van der Waals surface area contributed by atoms with Crippen LogP contribution < -0.4 is 4.90 Å². The van der Waals surface area contributed by atoms with Gasteiger partial charge in [-0.25, -0.2) is 9.78 Å². The van der Waals surface area contributed by atoms with Crippen LogP contribution in [-0.2, 0) is 0 Å². The summed E-state index contributed by atoms with van der Waals surface area (Å²) in [5.74, 6) is 1.15. The zero-order valence-electron chi connectivity index (χ0n) is 12.6. The van der Waals surface area contributed by atoms with Gasteiger partial charge in [-0.05, 0) is 25.7 Å². The van der Waals surface area contributed by atoms with Crippen molar-refractivity contribution in [1.82, 2.24) is 14.9 Å². The van der Waals surface area contributed by atoms with Crippen molar-refractivity contribution >= 4 is 11.9 Å². The Morgan fingerprint density at radius 1 is 1.05 bits per heavy atom. The summed E-state index contributed by atoms with van der Waals surface area (Å²) >= 11 is 0. The van der Waals surface area contributed by atoms with E-state index in [1.54, 1.807) is 6.20 Å². The molecule has 0 unspecified atom stereocenters. The van der Waals surface area contributed by atoms with E-state index in [1.807, 2.05) is 6.20 Å². The monoisotopic (exact) mass is 306 g/mol. The van der Waals surface area contributed by atoms with Gasteiger partial charge in [0.1, 0.15) is 5.82 Å². The van der Waals surface area contributed by atoms with Crippen LogP contribution in [0.3, 0.4) is 0 Å². The average Bonchev–Trinajstić information content (AvgIpc) is 2.56. The highest BCUT2D eigenvalue weighted by molar-refractivity contribution is 5.65. The van der Waals surface area contributed by atoms with Gasteiger partial charge in [0.15, 0.2) is 0 Å². The predicted octanol–water partition coefficient (Wildman–Crippen LogP) is 1.30. The number of nitrogens with zero attached hydrogens (tertiary/aromatic N) is 4. The highest BCUT2D eigenvalue weighted by Gasteiger charge is 2.25. The zero-order valence-corrected chi connectivity index (χ0v) is 12.6. The Hall–Kier alpha value is -1.89. The molecule has 1 aromatic heterocycles. The van der Waals surface area contributed by atoms with Crippen molar-refractivity contribution in [2.75, 3.05) is 31.1 Å². The Morgan fingerprint density at radius 2 is 1.73 bits per heavy atom. The molecule has 0 atom stereocenters. The number of hydrogen-bond donors (Lipinski definition) is 2. The maximum atomic E-state index is 10.9. The van der Waals surface area contributed by atoms with Crippen LogP contribution in [0, 0.1) is 0 Å². The van der Waals surface area contributed by atoms with Crippen molar-refractivity contribution in [2.45, 2.75) is 37.7 Å². The van der Waals surface area contributed by atoms with E-state index < -0.39 is 6.09 Å². The minimum absolute atomic E-state index is 0.192. The van der Waals surface area contributed by atoms with Crippen molar-refractivity contribution in [3.63, 3.8) is 0 Å². The molecular weight excluding hydrogens is 284 g/mol. The van der Waals surface area contributed by atoms with E-state index >= 15 is 0 Å². The first-order valence-corrected chi connectivity index (χ1v) is 7.86. The average molecular weight is 306 g/mol. The molecular formula is C15H22N4O3. The van der Waals surface area contributed by atoms with Crippen LogP contribution in [0.15, 0.2) is 12.4 Å². The number of anilines is 1. The van der Waals surface area contributed by atoms with Crippen LogP contribution in [0.5, 0.6) is 0 Å². The summed E-state index contributed by atoms with van der Waals surface area (Å²) in [5.41, 5.74) is 0.950. The van der Waals surface area contributed by atoms with Crippen LogP contribution in [0.4, 0.5) is 10.6 Å². The third-order valence-electron chi connectivity index (χ3n) is 4.63. The van der Waals surface area contributed by atoms with Gasteiger partial charge in [0.05, 0.1) is 24.2 Å². The topological polar surface area (TPSA) is 89.8 Å². The van der Waals surface area contributed by atoms with Crippen molar-refractivity contribution < 1.29 is 15.0 Å². The Bertz CT molecular complexity index is 506. The van der Waals surface area contributed by atoms with Crippen molar-refractivity contribution in [3.8, 4) is 0 Å².